The minimum absolute atomic E-state index is 0.0486. The molecule has 1 rings (SSSR count). The quantitative estimate of drug-likeness (QED) is 0.554. The molecule has 0 aliphatic heterocycles. The Kier molecular flexibility index (Phi) is 5.89. The lowest BCUT2D eigenvalue weighted by atomic mass is 9.93. The fourth-order valence-corrected chi connectivity index (χ4v) is 5.55. The van der Waals surface area contributed by atoms with Gasteiger partial charge in [-0.1, -0.05) is 40.4 Å². The molecule has 3 unspecified atom stereocenters. The van der Waals surface area contributed by atoms with E-state index in [2.05, 4.69) is 39.8 Å². The van der Waals surface area contributed by atoms with Crippen molar-refractivity contribution in [3.05, 3.63) is 0 Å². The Morgan fingerprint density at radius 1 is 1.26 bits per heavy atom. The number of ketones is 1. The number of Topliss-reactive ketones (excluding diaryl/α,β-unsaturated/α-hetero) is 1. The van der Waals surface area contributed by atoms with E-state index in [1.54, 1.807) is 0 Å². The van der Waals surface area contributed by atoms with Crippen LogP contribution in [0.15, 0.2) is 0 Å². The zero-order chi connectivity index (χ0) is 18.2. The first-order valence-electron chi connectivity index (χ1n) is 8.40. The van der Waals surface area contributed by atoms with Crippen molar-refractivity contribution in [2.24, 2.45) is 11.8 Å². The van der Waals surface area contributed by atoms with Gasteiger partial charge in [0.25, 0.3) is 0 Å². The molecule has 0 amide bonds. The molecular formula is C18H32O3Si2. The molecule has 1 aliphatic carbocycles. The summed E-state index contributed by atoms with van der Waals surface area (Å²) in [5.41, 5.74) is 0. The van der Waals surface area contributed by atoms with E-state index in [0.717, 1.165) is 0 Å². The summed E-state index contributed by atoms with van der Waals surface area (Å²) in [6.45, 7) is 17.0. The van der Waals surface area contributed by atoms with Gasteiger partial charge in [0.2, 0.25) is 0 Å². The van der Waals surface area contributed by atoms with Crippen LogP contribution in [0.2, 0.25) is 37.8 Å². The Hall–Kier alpha value is -0.706. The molecule has 0 radical (unpaired) electrons. The van der Waals surface area contributed by atoms with Crippen LogP contribution < -0.4 is 0 Å². The van der Waals surface area contributed by atoms with Crippen molar-refractivity contribution in [3.63, 3.8) is 0 Å². The van der Waals surface area contributed by atoms with Gasteiger partial charge in [0.05, 0.1) is 6.10 Å². The molecule has 1 fully saturated rings. The lowest BCUT2D eigenvalue weighted by Gasteiger charge is -2.40. The van der Waals surface area contributed by atoms with Crippen molar-refractivity contribution < 1.29 is 14.0 Å². The molecule has 5 heteroatoms. The second-order valence-electron chi connectivity index (χ2n) is 9.24. The fourth-order valence-electron chi connectivity index (χ4n) is 2.83. The van der Waals surface area contributed by atoms with Crippen molar-refractivity contribution in [2.75, 3.05) is 0 Å². The van der Waals surface area contributed by atoms with Gasteiger partial charge in [0, 0.05) is 24.7 Å². The maximum Gasteiger partial charge on any atom is 0.192 e. The average Bonchev–Trinajstić information content (AvgIpc) is 2.62. The number of hydrogen-bond acceptors (Lipinski definition) is 3. The van der Waals surface area contributed by atoms with E-state index in [4.69, 9.17) is 10.8 Å². The first-order valence-corrected chi connectivity index (χ1v) is 14.8. The Labute approximate surface area is 143 Å². The lowest BCUT2D eigenvalue weighted by molar-refractivity contribution is -0.125. The van der Waals surface area contributed by atoms with Gasteiger partial charge in [-0.25, -0.2) is 0 Å². The summed E-state index contributed by atoms with van der Waals surface area (Å²) in [4.78, 5) is 25.5. The van der Waals surface area contributed by atoms with E-state index in [9.17, 15) is 9.59 Å². The van der Waals surface area contributed by atoms with Gasteiger partial charge in [-0.3, -0.25) is 4.79 Å². The molecule has 1 aliphatic rings. The third-order valence-electron chi connectivity index (χ3n) is 5.28. The van der Waals surface area contributed by atoms with Gasteiger partial charge in [0.1, 0.15) is 19.3 Å². The van der Waals surface area contributed by atoms with Crippen LogP contribution in [0.3, 0.4) is 0 Å². The zero-order valence-corrected chi connectivity index (χ0v) is 17.9. The SMILES string of the molecule is C#CCC1C(=O)CC(O[Si](C)(C)C(C)(C)C)C1C(=O)[Si](C)(C)C. The minimum Gasteiger partial charge on any atom is -0.413 e. The highest BCUT2D eigenvalue weighted by Gasteiger charge is 2.52. The lowest BCUT2D eigenvalue weighted by Crippen LogP contribution is -2.50. The van der Waals surface area contributed by atoms with Gasteiger partial charge < -0.3 is 9.22 Å². The van der Waals surface area contributed by atoms with E-state index < -0.39 is 16.4 Å². The van der Waals surface area contributed by atoms with E-state index in [1.807, 2.05) is 19.6 Å². The zero-order valence-electron chi connectivity index (χ0n) is 15.9. The molecule has 0 spiro atoms. The van der Waals surface area contributed by atoms with E-state index in [1.165, 1.54) is 0 Å². The molecule has 23 heavy (non-hydrogen) atoms. The van der Waals surface area contributed by atoms with Crippen LogP contribution in [0.25, 0.3) is 0 Å². The molecule has 0 saturated heterocycles. The molecule has 130 valence electrons. The summed E-state index contributed by atoms with van der Waals surface area (Å²) in [5.74, 6) is 1.99. The third kappa shape index (κ3) is 4.43. The molecule has 0 aromatic heterocycles. The summed E-state index contributed by atoms with van der Waals surface area (Å²) in [6.07, 6.45) is 5.84. The van der Waals surface area contributed by atoms with Crippen molar-refractivity contribution in [3.8, 4) is 12.3 Å². The highest BCUT2D eigenvalue weighted by Crippen LogP contribution is 2.43. The maximum atomic E-state index is 13.0. The first kappa shape index (κ1) is 20.3. The first-order chi connectivity index (χ1) is 10.2. The van der Waals surface area contributed by atoms with Crippen molar-refractivity contribution in [2.45, 2.75) is 77.5 Å². The number of carbonyl (C=O) groups excluding carboxylic acids is 2. The molecular weight excluding hydrogens is 320 g/mol. The smallest absolute Gasteiger partial charge is 0.192 e. The van der Waals surface area contributed by atoms with Gasteiger partial charge >= 0.3 is 0 Å². The Morgan fingerprint density at radius 3 is 2.17 bits per heavy atom. The van der Waals surface area contributed by atoms with Gasteiger partial charge in [-0.05, 0) is 18.1 Å². The van der Waals surface area contributed by atoms with Crippen molar-refractivity contribution in [1.82, 2.24) is 0 Å². The second-order valence-corrected chi connectivity index (χ2v) is 19.0. The molecule has 1 saturated carbocycles. The highest BCUT2D eigenvalue weighted by atomic mass is 28.4. The van der Waals surface area contributed by atoms with Crippen LogP contribution in [-0.2, 0) is 14.0 Å². The van der Waals surface area contributed by atoms with Gasteiger partial charge in [0.15, 0.2) is 8.32 Å². The minimum atomic E-state index is -2.04. The van der Waals surface area contributed by atoms with Crippen LogP contribution in [-0.4, -0.2) is 33.7 Å². The van der Waals surface area contributed by atoms with Crippen molar-refractivity contribution in [1.29, 1.82) is 0 Å². The van der Waals surface area contributed by atoms with Crippen LogP contribution >= 0.6 is 0 Å². The largest absolute Gasteiger partial charge is 0.413 e. The summed E-state index contributed by atoms with van der Waals surface area (Å²) < 4.78 is 6.49. The third-order valence-corrected chi connectivity index (χ3v) is 11.6. The molecule has 3 atom stereocenters. The summed E-state index contributed by atoms with van der Waals surface area (Å²) in [6, 6.07) is 0. The summed E-state index contributed by atoms with van der Waals surface area (Å²) >= 11 is 0. The topological polar surface area (TPSA) is 43.4 Å². The van der Waals surface area contributed by atoms with Crippen LogP contribution in [0.1, 0.15) is 33.6 Å². The molecule has 0 aromatic carbocycles. The fraction of sp³-hybridized carbons (Fsp3) is 0.778. The molecule has 0 heterocycles. The molecule has 0 N–H and O–H groups in total. The standard InChI is InChI=1S/C18H32O3Si2/c1-10-11-13-14(19)12-15(16(13)17(20)22(5,6)7)21-23(8,9)18(2,3)4/h1,13,15-16H,11-12H2,2-9H3. The Morgan fingerprint density at radius 2 is 1.78 bits per heavy atom. The molecule has 0 bridgehead atoms. The predicted octanol–water partition coefficient (Wildman–Crippen LogP) is 4.05. The number of terminal acetylenes is 1. The number of hydrogen-bond donors (Lipinski definition) is 0. The van der Waals surface area contributed by atoms with Crippen LogP contribution in [0.4, 0.5) is 0 Å². The maximum absolute atomic E-state index is 13.0. The molecule has 0 aromatic rings. The Balaban J connectivity index is 3.17. The van der Waals surface area contributed by atoms with E-state index in [-0.39, 0.29) is 34.2 Å². The van der Waals surface area contributed by atoms with Crippen molar-refractivity contribution >= 4 is 27.6 Å². The Bertz CT molecular complexity index is 518. The second kappa shape index (κ2) is 6.66. The highest BCUT2D eigenvalue weighted by molar-refractivity contribution is 7.03. The summed E-state index contributed by atoms with van der Waals surface area (Å²) in [7, 11) is -4.05. The molecule has 3 nitrogen and oxygen atoms in total. The average molecular weight is 353 g/mol. The number of carbonyl (C=O) groups is 2. The normalized spacial score (nSPS) is 26.2. The van der Waals surface area contributed by atoms with Gasteiger partial charge in [-0.2, -0.15) is 0 Å². The monoisotopic (exact) mass is 352 g/mol. The summed E-state index contributed by atoms with van der Waals surface area (Å²) in [5, 5.41) is 0.278. The number of rotatable bonds is 5. The van der Waals surface area contributed by atoms with Crippen LogP contribution in [0.5, 0.6) is 0 Å². The van der Waals surface area contributed by atoms with E-state index >= 15 is 0 Å². The van der Waals surface area contributed by atoms with Crippen LogP contribution in [0, 0.1) is 24.2 Å². The van der Waals surface area contributed by atoms with Gasteiger partial charge in [-0.15, -0.1) is 12.3 Å². The van der Waals surface area contributed by atoms with E-state index in [0.29, 0.717) is 12.8 Å². The predicted molar refractivity (Wildman–Crippen MR) is 100 cm³/mol.